The van der Waals surface area contributed by atoms with Gasteiger partial charge in [-0.15, -0.1) is 0 Å². The van der Waals surface area contributed by atoms with Crippen LogP contribution in [0.15, 0.2) is 12.1 Å². The van der Waals surface area contributed by atoms with Crippen molar-refractivity contribution in [2.75, 3.05) is 35.2 Å². The van der Waals surface area contributed by atoms with E-state index in [1.54, 1.807) is 27.2 Å². The molecule has 0 bridgehead atoms. The number of fused-ring (bicyclic) bond motifs is 4. The topological polar surface area (TPSA) is 102 Å². The van der Waals surface area contributed by atoms with E-state index in [0.717, 1.165) is 24.8 Å². The van der Waals surface area contributed by atoms with Crippen LogP contribution in [-0.4, -0.2) is 51.9 Å². The molecule has 1 aliphatic heterocycles. The Balaban J connectivity index is 1.63. The minimum Gasteiger partial charge on any atom is -0.493 e. The molecule has 3 atom stereocenters. The molecule has 0 amide bonds. The molecule has 1 N–H and O–H groups in total. The zero-order valence-corrected chi connectivity index (χ0v) is 28.9. The van der Waals surface area contributed by atoms with Crippen LogP contribution in [0.1, 0.15) is 115 Å². The molecule has 0 radical (unpaired) electrons. The molecule has 0 spiro atoms. The van der Waals surface area contributed by atoms with Crippen LogP contribution >= 0.6 is 0 Å². The highest BCUT2D eigenvalue weighted by Gasteiger charge is 2.47. The van der Waals surface area contributed by atoms with Crippen molar-refractivity contribution in [2.45, 2.75) is 116 Å². The van der Waals surface area contributed by atoms with Crippen molar-refractivity contribution in [3.05, 3.63) is 23.3 Å². The minimum absolute atomic E-state index is 0.0665. The van der Waals surface area contributed by atoms with Gasteiger partial charge in [0.2, 0.25) is 18.3 Å². The fourth-order valence-electron chi connectivity index (χ4n) is 6.75. The Morgan fingerprint density at radius 3 is 2.02 bits per heavy atom. The first-order valence-electron chi connectivity index (χ1n) is 17.0. The molecule has 2 aromatic carbocycles. The summed E-state index contributed by atoms with van der Waals surface area (Å²) in [4.78, 5) is 13.4. The van der Waals surface area contributed by atoms with Gasteiger partial charge in [-0.2, -0.15) is 0 Å². The Morgan fingerprint density at radius 1 is 0.826 bits per heavy atom. The maximum atomic E-state index is 13.4. The van der Waals surface area contributed by atoms with E-state index in [1.165, 1.54) is 65.6 Å². The summed E-state index contributed by atoms with van der Waals surface area (Å²) in [6.45, 7) is 5.99. The lowest BCUT2D eigenvalue weighted by molar-refractivity contribution is -0.171. The number of hydrogen-bond donors (Lipinski definition) is 1. The van der Waals surface area contributed by atoms with E-state index in [9.17, 15) is 9.90 Å². The summed E-state index contributed by atoms with van der Waals surface area (Å²) < 4.78 is 41.3. The van der Waals surface area contributed by atoms with Gasteiger partial charge in [0.25, 0.3) is 0 Å². The van der Waals surface area contributed by atoms with Crippen LogP contribution in [0.3, 0.4) is 0 Å². The van der Waals surface area contributed by atoms with Gasteiger partial charge in [-0.25, -0.2) is 0 Å². The number of unbranched alkanes of at least 4 members (excludes halogenated alkanes) is 10. The molecule has 46 heavy (non-hydrogen) atoms. The number of benzene rings is 2. The smallest absolute Gasteiger partial charge is 0.306 e. The van der Waals surface area contributed by atoms with E-state index in [1.807, 2.05) is 13.0 Å². The zero-order chi connectivity index (χ0) is 33.3. The van der Waals surface area contributed by atoms with Crippen molar-refractivity contribution in [1.82, 2.24) is 0 Å². The van der Waals surface area contributed by atoms with Crippen molar-refractivity contribution >= 4 is 5.97 Å². The number of aliphatic hydroxyl groups is 1. The summed E-state index contributed by atoms with van der Waals surface area (Å²) in [5.41, 5.74) is 1.22. The van der Waals surface area contributed by atoms with Gasteiger partial charge >= 0.3 is 5.97 Å². The van der Waals surface area contributed by atoms with Crippen molar-refractivity contribution < 1.29 is 43.1 Å². The molecule has 0 saturated carbocycles. The summed E-state index contributed by atoms with van der Waals surface area (Å²) in [5, 5.41) is 12.2. The van der Waals surface area contributed by atoms with Crippen LogP contribution in [0.5, 0.6) is 34.5 Å². The number of carbonyl (C=O) groups is 1. The second-order valence-corrected chi connectivity index (χ2v) is 12.8. The van der Waals surface area contributed by atoms with E-state index in [-0.39, 0.29) is 25.1 Å². The first kappa shape index (κ1) is 35.5. The maximum absolute atomic E-state index is 13.4. The quantitative estimate of drug-likeness (QED) is 0.135. The molecule has 2 aliphatic rings. The van der Waals surface area contributed by atoms with Crippen LogP contribution in [0.25, 0.3) is 11.1 Å². The van der Waals surface area contributed by atoms with Crippen LogP contribution in [0, 0.1) is 5.92 Å². The Morgan fingerprint density at radius 2 is 1.43 bits per heavy atom. The Labute approximate surface area is 274 Å². The summed E-state index contributed by atoms with van der Waals surface area (Å²) in [7, 11) is 6.20. The van der Waals surface area contributed by atoms with Gasteiger partial charge in [0.1, 0.15) is 5.60 Å². The number of methoxy groups -OCH3 is 4. The average molecular weight is 643 g/mol. The highest BCUT2D eigenvalue weighted by molar-refractivity contribution is 5.89. The molecule has 0 fully saturated rings. The predicted octanol–water partition coefficient (Wildman–Crippen LogP) is 8.35. The molecule has 1 aliphatic carbocycles. The van der Waals surface area contributed by atoms with E-state index in [0.29, 0.717) is 57.6 Å². The van der Waals surface area contributed by atoms with Crippen LogP contribution in [0.2, 0.25) is 0 Å². The molecule has 4 rings (SSSR count). The number of hydrogen-bond acceptors (Lipinski definition) is 9. The van der Waals surface area contributed by atoms with Crippen molar-refractivity contribution in [2.24, 2.45) is 5.92 Å². The minimum atomic E-state index is -1.45. The zero-order valence-electron chi connectivity index (χ0n) is 28.9. The first-order chi connectivity index (χ1) is 22.2. The molecule has 0 saturated heterocycles. The number of ether oxygens (including phenoxy) is 7. The largest absolute Gasteiger partial charge is 0.493 e. The SMILES string of the molecule is CCCCCCCCCCCCCC(=O)O[C@H]1c2cc(OC)c(OC)c(OC)c2-c2c(cc3c(c2OC)OCO3)C[C@H](C)[C@]1(C)O. The Bertz CT molecular complexity index is 1320. The van der Waals surface area contributed by atoms with E-state index in [4.69, 9.17) is 33.2 Å². The van der Waals surface area contributed by atoms with Gasteiger partial charge in [0.15, 0.2) is 29.1 Å². The highest BCUT2D eigenvalue weighted by Crippen LogP contribution is 2.59. The lowest BCUT2D eigenvalue weighted by Gasteiger charge is -2.41. The predicted molar refractivity (Wildman–Crippen MR) is 178 cm³/mol. The molecule has 9 heteroatoms. The normalized spacial score (nSPS) is 19.8. The second kappa shape index (κ2) is 16.5. The summed E-state index contributed by atoms with van der Waals surface area (Å²) in [6.07, 6.45) is 12.8. The van der Waals surface area contributed by atoms with Crippen molar-refractivity contribution in [1.29, 1.82) is 0 Å². The summed E-state index contributed by atoms with van der Waals surface area (Å²) in [5.74, 6) is 1.95. The maximum Gasteiger partial charge on any atom is 0.306 e. The van der Waals surface area contributed by atoms with E-state index >= 15 is 0 Å². The lowest BCUT2D eigenvalue weighted by atomic mass is 9.73. The molecule has 1 heterocycles. The monoisotopic (exact) mass is 642 g/mol. The molecule has 0 unspecified atom stereocenters. The van der Waals surface area contributed by atoms with E-state index in [2.05, 4.69) is 6.92 Å². The van der Waals surface area contributed by atoms with Gasteiger partial charge in [-0.05, 0) is 43.4 Å². The second-order valence-electron chi connectivity index (χ2n) is 12.8. The standard InChI is InChI=1S/C37H54O9/c1-8-9-10-11-12-13-14-15-16-17-18-19-29(38)46-36-26-22-27(40-4)32(41-5)35(43-7)31(26)30-25(20-24(2)37(36,3)39)21-28-33(34(30)42-6)45-23-44-28/h21-22,24,36,39H,8-20,23H2,1-7H3/t24-,36-,37-/m0/s1. The van der Waals surface area contributed by atoms with Crippen LogP contribution < -0.4 is 28.4 Å². The highest BCUT2D eigenvalue weighted by atomic mass is 16.7. The summed E-state index contributed by atoms with van der Waals surface area (Å²) in [6, 6.07) is 3.68. The van der Waals surface area contributed by atoms with Crippen LogP contribution in [0.4, 0.5) is 0 Å². The van der Waals surface area contributed by atoms with E-state index < -0.39 is 11.7 Å². The third kappa shape index (κ3) is 7.62. The third-order valence-corrected chi connectivity index (χ3v) is 9.59. The molecule has 0 aromatic heterocycles. The molecular weight excluding hydrogens is 588 g/mol. The molecular formula is C37H54O9. The third-order valence-electron chi connectivity index (χ3n) is 9.59. The van der Waals surface area contributed by atoms with Gasteiger partial charge in [-0.3, -0.25) is 4.79 Å². The first-order valence-corrected chi connectivity index (χ1v) is 17.0. The van der Waals surface area contributed by atoms with Crippen molar-refractivity contribution in [3.63, 3.8) is 0 Å². The number of esters is 1. The lowest BCUT2D eigenvalue weighted by Crippen LogP contribution is -2.43. The van der Waals surface area contributed by atoms with Gasteiger partial charge < -0.3 is 38.3 Å². The Hall–Kier alpha value is -3.33. The van der Waals surface area contributed by atoms with Gasteiger partial charge in [0.05, 0.1) is 28.4 Å². The van der Waals surface area contributed by atoms with Gasteiger partial charge in [0, 0.05) is 23.1 Å². The van der Waals surface area contributed by atoms with Gasteiger partial charge in [-0.1, -0.05) is 78.1 Å². The molecule has 9 nitrogen and oxygen atoms in total. The fourth-order valence-corrected chi connectivity index (χ4v) is 6.75. The summed E-state index contributed by atoms with van der Waals surface area (Å²) >= 11 is 0. The van der Waals surface area contributed by atoms with Crippen molar-refractivity contribution in [3.8, 4) is 45.6 Å². The molecule has 2 aromatic rings. The fraction of sp³-hybridized carbons (Fsp3) is 0.649. The Kier molecular flexibility index (Phi) is 12.7. The molecule has 256 valence electrons. The average Bonchev–Trinajstić information content (AvgIpc) is 3.52. The van der Waals surface area contributed by atoms with Crippen LogP contribution in [-0.2, 0) is 16.0 Å². The number of carbonyl (C=O) groups excluding carboxylic acids is 1. The number of rotatable bonds is 17.